The number of Topliss-reactive ketones (excluding diaryl/α,β-unsaturated/α-hetero) is 1. The molecule has 11 nitrogen and oxygen atoms in total. The number of carbonyl (C=O) groups is 1. The van der Waals surface area contributed by atoms with Crippen LogP contribution in [0, 0.1) is 0 Å². The van der Waals surface area contributed by atoms with Gasteiger partial charge in [-0.05, 0) is 19.2 Å². The van der Waals surface area contributed by atoms with Crippen molar-refractivity contribution in [1.82, 2.24) is 10.9 Å². The number of hydrogen-bond acceptors (Lipinski definition) is 11. The molecule has 0 amide bonds. The summed E-state index contributed by atoms with van der Waals surface area (Å²) in [6.45, 7) is 8.20. The highest BCUT2D eigenvalue weighted by Gasteiger charge is 2.37. The molecule has 0 bridgehead atoms. The van der Waals surface area contributed by atoms with Crippen molar-refractivity contribution in [3.05, 3.63) is 49.3 Å². The summed E-state index contributed by atoms with van der Waals surface area (Å²) in [5, 5.41) is 15.2. The first kappa shape index (κ1) is 29.2. The molecule has 0 fully saturated rings. The highest BCUT2D eigenvalue weighted by molar-refractivity contribution is 6.40. The van der Waals surface area contributed by atoms with E-state index in [2.05, 4.69) is 21.7 Å². The fraction of sp³-hybridized carbons (Fsp3) is 0.303. The number of hydrogen-bond donors (Lipinski definition) is 5. The molecule has 1 unspecified atom stereocenters. The van der Waals surface area contributed by atoms with Crippen LogP contribution >= 0.6 is 0 Å². The lowest BCUT2D eigenvalue weighted by Gasteiger charge is -2.27. The van der Waals surface area contributed by atoms with Crippen LogP contribution in [0.25, 0.3) is 49.2 Å². The largest absolute Gasteiger partial charge is 0.505 e. The van der Waals surface area contributed by atoms with Crippen molar-refractivity contribution in [2.24, 2.45) is 0 Å². The van der Waals surface area contributed by atoms with E-state index in [0.717, 1.165) is 0 Å². The average Bonchev–Trinajstić information content (AvgIpc) is 3.13. The van der Waals surface area contributed by atoms with Gasteiger partial charge in [0.1, 0.15) is 28.7 Å². The quantitative estimate of drug-likeness (QED) is 0.0666. The zero-order valence-electron chi connectivity index (χ0n) is 25.6. The minimum absolute atomic E-state index is 0.0686. The van der Waals surface area contributed by atoms with Crippen molar-refractivity contribution in [1.29, 1.82) is 0 Å². The van der Waals surface area contributed by atoms with Gasteiger partial charge in [0.15, 0.2) is 16.6 Å². The Bertz CT molecular complexity index is 2160. The van der Waals surface area contributed by atoms with Crippen molar-refractivity contribution in [3.63, 3.8) is 0 Å². The van der Waals surface area contributed by atoms with Crippen LogP contribution in [0.5, 0.6) is 23.0 Å². The minimum Gasteiger partial charge on any atom is -0.505 e. The maximum Gasteiger partial charge on any atom is 0.194 e. The lowest BCUT2D eigenvalue weighted by molar-refractivity contribution is -0.117. The maximum atomic E-state index is 14.0. The number of phenolic OH excluding ortho intramolecular Hbond substituents is 1. The number of phenols is 1. The number of anilines is 2. The van der Waals surface area contributed by atoms with Crippen LogP contribution in [0.1, 0.15) is 44.7 Å². The highest BCUT2D eigenvalue weighted by Crippen LogP contribution is 2.57. The van der Waals surface area contributed by atoms with Crippen molar-refractivity contribution in [2.45, 2.75) is 33.6 Å². The maximum absolute atomic E-state index is 14.0. The topological polar surface area (TPSA) is 147 Å². The number of rotatable bonds is 10. The van der Waals surface area contributed by atoms with Gasteiger partial charge in [0.05, 0.1) is 43.7 Å². The summed E-state index contributed by atoms with van der Waals surface area (Å²) < 4.78 is 17.7. The van der Waals surface area contributed by atoms with Crippen molar-refractivity contribution in [2.75, 3.05) is 45.3 Å². The molecule has 5 aromatic rings. The molecule has 11 heteroatoms. The molecule has 44 heavy (non-hydrogen) atoms. The summed E-state index contributed by atoms with van der Waals surface area (Å²) in [5.74, 6) is -0.347. The van der Waals surface area contributed by atoms with E-state index in [0.29, 0.717) is 78.9 Å². The minimum atomic E-state index is -0.781. The van der Waals surface area contributed by atoms with Gasteiger partial charge in [-0.25, -0.2) is 10.9 Å². The van der Waals surface area contributed by atoms with Crippen molar-refractivity contribution < 1.29 is 24.1 Å². The summed E-state index contributed by atoms with van der Waals surface area (Å²) in [4.78, 5) is 41.4. The number of ether oxygens (including phenoxy) is 3. The molecule has 0 spiro atoms. The molecule has 0 aromatic heterocycles. The first-order chi connectivity index (χ1) is 21.2. The molecule has 1 aliphatic rings. The van der Waals surface area contributed by atoms with E-state index in [1.807, 2.05) is 26.8 Å². The standard InChI is InChI=1S/C33H34N4O7/c1-8-34-36-30-15-10-13(3)20(14(4)38)29-27-21(15)26-23(32(30)41)17(40)12-19(43-6)24(26)25-18(42-5)11-16(39)22(28(25)27)31(33(29)44-7)37-35-9-2/h10-12,20,34-37,41H,8-9H2,1-7H3. The zero-order chi connectivity index (χ0) is 31.6. The fourth-order valence-electron chi connectivity index (χ4n) is 6.89. The van der Waals surface area contributed by atoms with E-state index < -0.39 is 11.3 Å². The molecule has 1 atom stereocenters. The summed E-state index contributed by atoms with van der Waals surface area (Å²) in [5.41, 5.74) is 14.0. The number of fused-ring (bicyclic) bond motifs is 1. The molecular formula is C33H34N4O7. The van der Waals surface area contributed by atoms with Crippen LogP contribution in [0.2, 0.25) is 0 Å². The second kappa shape index (κ2) is 10.7. The number of methoxy groups -OCH3 is 3. The van der Waals surface area contributed by atoms with Crippen LogP contribution < -0.4 is 46.8 Å². The Labute approximate surface area is 252 Å². The molecule has 228 valence electrons. The summed E-state index contributed by atoms with van der Waals surface area (Å²) in [6, 6.07) is 2.73. The molecule has 0 heterocycles. The molecule has 5 N–H and O–H groups in total. The Hall–Kier alpha value is -4.87. The van der Waals surface area contributed by atoms with E-state index in [1.54, 1.807) is 0 Å². The smallest absolute Gasteiger partial charge is 0.194 e. The predicted molar refractivity (Wildman–Crippen MR) is 174 cm³/mol. The van der Waals surface area contributed by atoms with Gasteiger partial charge >= 0.3 is 0 Å². The second-order valence-corrected chi connectivity index (χ2v) is 10.9. The summed E-state index contributed by atoms with van der Waals surface area (Å²) in [6.07, 6.45) is 1.85. The Morgan fingerprint density at radius 3 is 1.84 bits per heavy atom. The molecule has 0 aliphatic heterocycles. The number of aromatic hydroxyl groups is 1. The van der Waals surface area contributed by atoms with Crippen LogP contribution in [0.3, 0.4) is 0 Å². The number of carbonyl (C=O) groups excluding carboxylic acids is 1. The first-order valence-corrected chi connectivity index (χ1v) is 14.4. The van der Waals surface area contributed by atoms with Gasteiger partial charge in [-0.3, -0.25) is 14.4 Å². The van der Waals surface area contributed by atoms with E-state index in [1.165, 1.54) is 40.4 Å². The van der Waals surface area contributed by atoms with E-state index in [9.17, 15) is 19.5 Å². The van der Waals surface area contributed by atoms with Crippen LogP contribution in [0.4, 0.5) is 11.4 Å². The highest BCUT2D eigenvalue weighted by atomic mass is 16.5. The molecule has 0 radical (unpaired) electrons. The Morgan fingerprint density at radius 1 is 0.773 bits per heavy atom. The van der Waals surface area contributed by atoms with Gasteiger partial charge in [-0.15, -0.1) is 0 Å². The van der Waals surface area contributed by atoms with Crippen molar-refractivity contribution >= 4 is 66.3 Å². The third-order valence-electron chi connectivity index (χ3n) is 8.46. The predicted octanol–water partition coefficient (Wildman–Crippen LogP) is 4.59. The van der Waals surface area contributed by atoms with Crippen LogP contribution in [0.15, 0.2) is 27.3 Å². The number of ketones is 1. The number of allylic oxidation sites excluding steroid dienone is 1. The van der Waals surface area contributed by atoms with Crippen LogP contribution in [-0.2, 0) is 4.79 Å². The molecule has 1 aliphatic carbocycles. The van der Waals surface area contributed by atoms with E-state index in [-0.39, 0.29) is 39.5 Å². The normalized spacial score (nSPS) is 14.4. The van der Waals surface area contributed by atoms with Gasteiger partial charge in [0, 0.05) is 63.3 Å². The molecule has 0 saturated carbocycles. The number of benzene rings is 5. The van der Waals surface area contributed by atoms with Gasteiger partial charge in [-0.2, -0.15) is 0 Å². The number of nitrogens with one attached hydrogen (secondary N) is 4. The Morgan fingerprint density at radius 2 is 1.32 bits per heavy atom. The van der Waals surface area contributed by atoms with E-state index >= 15 is 0 Å². The van der Waals surface area contributed by atoms with Gasteiger partial charge in [0.2, 0.25) is 0 Å². The SMILES string of the molecule is CCNNc1c(O)c2c(=O)cc(OC)c3c4c(OC)cc(=O)c5c(NNCC)c(OC)c6c(c(c1C=C(C)C6C(C)=O)c23)c54. The Balaban J connectivity index is 2.13. The van der Waals surface area contributed by atoms with E-state index in [4.69, 9.17) is 14.2 Å². The summed E-state index contributed by atoms with van der Waals surface area (Å²) >= 11 is 0. The van der Waals surface area contributed by atoms with Gasteiger partial charge < -0.3 is 30.2 Å². The zero-order valence-corrected chi connectivity index (χ0v) is 25.6. The Kier molecular flexibility index (Phi) is 7.10. The number of hydrazine groups is 2. The third-order valence-corrected chi connectivity index (χ3v) is 8.46. The molecule has 0 saturated heterocycles. The summed E-state index contributed by atoms with van der Waals surface area (Å²) in [7, 11) is 4.43. The lowest BCUT2D eigenvalue weighted by atomic mass is 9.80. The third kappa shape index (κ3) is 3.79. The second-order valence-electron chi connectivity index (χ2n) is 10.9. The monoisotopic (exact) mass is 598 g/mol. The molecule has 5 aromatic carbocycles. The molecular weight excluding hydrogens is 564 g/mol. The van der Waals surface area contributed by atoms with Crippen molar-refractivity contribution in [3.8, 4) is 23.0 Å². The first-order valence-electron chi connectivity index (χ1n) is 14.4. The van der Waals surface area contributed by atoms with Crippen LogP contribution in [-0.4, -0.2) is 45.3 Å². The fourth-order valence-corrected chi connectivity index (χ4v) is 6.89. The average molecular weight is 599 g/mol. The lowest BCUT2D eigenvalue weighted by Crippen LogP contribution is -2.24. The van der Waals surface area contributed by atoms with Gasteiger partial charge in [-0.1, -0.05) is 25.5 Å². The van der Waals surface area contributed by atoms with Gasteiger partial charge in [0.25, 0.3) is 0 Å². The molecule has 6 rings (SSSR count).